The highest BCUT2D eigenvalue weighted by Crippen LogP contribution is 2.26. The summed E-state index contributed by atoms with van der Waals surface area (Å²) in [4.78, 5) is 22.1. The van der Waals surface area contributed by atoms with E-state index < -0.39 is 4.92 Å². The number of carbonyl (C=O) groups is 1. The van der Waals surface area contributed by atoms with Gasteiger partial charge in [-0.2, -0.15) is 0 Å². The molecule has 0 fully saturated rings. The predicted octanol–water partition coefficient (Wildman–Crippen LogP) is 3.55. The van der Waals surface area contributed by atoms with Crippen LogP contribution in [-0.4, -0.2) is 17.3 Å². The first-order valence-corrected chi connectivity index (χ1v) is 6.97. The largest absolute Gasteiger partial charge is 0.486 e. The molecule has 21 heavy (non-hydrogen) atoms. The SMILES string of the molecule is O=C(COc1cc(Br)cc([N+](=O)[O-])c1)Cc1ccccc1. The molecule has 0 unspecified atom stereocenters. The predicted molar refractivity (Wildman–Crippen MR) is 81.4 cm³/mol. The molecule has 6 heteroatoms. The van der Waals surface area contributed by atoms with Crippen molar-refractivity contribution >= 4 is 27.4 Å². The Morgan fingerprint density at radius 1 is 1.19 bits per heavy atom. The molecular formula is C15H12BrNO4. The second-order valence-electron chi connectivity index (χ2n) is 4.39. The standard InChI is InChI=1S/C15H12BrNO4/c16-12-7-13(17(19)20)9-15(8-12)21-10-14(18)6-11-4-2-1-3-5-11/h1-5,7-9H,6,10H2. The highest BCUT2D eigenvalue weighted by Gasteiger charge is 2.11. The van der Waals surface area contributed by atoms with Crippen molar-refractivity contribution in [2.45, 2.75) is 6.42 Å². The molecule has 0 aliphatic heterocycles. The lowest BCUT2D eigenvalue weighted by Crippen LogP contribution is -2.13. The molecular weight excluding hydrogens is 338 g/mol. The van der Waals surface area contributed by atoms with Gasteiger partial charge in [0.05, 0.1) is 11.0 Å². The number of ketones is 1. The van der Waals surface area contributed by atoms with E-state index in [1.54, 1.807) is 6.07 Å². The number of hydrogen-bond acceptors (Lipinski definition) is 4. The third kappa shape index (κ3) is 4.68. The van der Waals surface area contributed by atoms with Crippen molar-refractivity contribution < 1.29 is 14.5 Å². The van der Waals surface area contributed by atoms with Gasteiger partial charge in [-0.25, -0.2) is 0 Å². The molecule has 0 aromatic heterocycles. The third-order valence-electron chi connectivity index (χ3n) is 2.71. The zero-order chi connectivity index (χ0) is 15.2. The van der Waals surface area contributed by atoms with Crippen molar-refractivity contribution in [2.24, 2.45) is 0 Å². The van der Waals surface area contributed by atoms with Crippen LogP contribution >= 0.6 is 15.9 Å². The molecule has 0 saturated carbocycles. The molecule has 0 N–H and O–H groups in total. The molecule has 0 saturated heterocycles. The molecule has 108 valence electrons. The maximum Gasteiger partial charge on any atom is 0.274 e. The minimum Gasteiger partial charge on any atom is -0.486 e. The minimum atomic E-state index is -0.511. The average Bonchev–Trinajstić information content (AvgIpc) is 2.45. The van der Waals surface area contributed by atoms with Crippen molar-refractivity contribution in [3.05, 3.63) is 68.7 Å². The van der Waals surface area contributed by atoms with Gasteiger partial charge < -0.3 is 4.74 Å². The van der Waals surface area contributed by atoms with Crippen molar-refractivity contribution in [1.29, 1.82) is 0 Å². The van der Waals surface area contributed by atoms with Crippen LogP contribution in [0.5, 0.6) is 5.75 Å². The first-order valence-electron chi connectivity index (χ1n) is 6.18. The van der Waals surface area contributed by atoms with Gasteiger partial charge in [-0.15, -0.1) is 0 Å². The molecule has 2 aromatic carbocycles. The Morgan fingerprint density at radius 3 is 2.57 bits per heavy atom. The van der Waals surface area contributed by atoms with E-state index in [2.05, 4.69) is 15.9 Å². The molecule has 0 radical (unpaired) electrons. The Hall–Kier alpha value is -2.21. The number of halogens is 1. The van der Waals surface area contributed by atoms with Gasteiger partial charge in [0.25, 0.3) is 5.69 Å². The second-order valence-corrected chi connectivity index (χ2v) is 5.31. The van der Waals surface area contributed by atoms with Crippen LogP contribution in [0.25, 0.3) is 0 Å². The van der Waals surface area contributed by atoms with E-state index in [0.29, 0.717) is 4.47 Å². The number of nitro benzene ring substituents is 1. The molecule has 0 spiro atoms. The van der Waals surface area contributed by atoms with Gasteiger partial charge in [-0.05, 0) is 11.6 Å². The monoisotopic (exact) mass is 349 g/mol. The van der Waals surface area contributed by atoms with E-state index in [1.165, 1.54) is 12.1 Å². The summed E-state index contributed by atoms with van der Waals surface area (Å²) >= 11 is 3.17. The summed E-state index contributed by atoms with van der Waals surface area (Å²) in [6.07, 6.45) is 0.275. The molecule has 0 amide bonds. The average molecular weight is 350 g/mol. The molecule has 2 aromatic rings. The van der Waals surface area contributed by atoms with Crippen LogP contribution in [0.3, 0.4) is 0 Å². The van der Waals surface area contributed by atoms with Crippen molar-refractivity contribution in [1.82, 2.24) is 0 Å². The van der Waals surface area contributed by atoms with Gasteiger partial charge in [0.1, 0.15) is 12.4 Å². The zero-order valence-electron chi connectivity index (χ0n) is 11.0. The summed E-state index contributed by atoms with van der Waals surface area (Å²) in [6, 6.07) is 13.6. The Morgan fingerprint density at radius 2 is 1.90 bits per heavy atom. The highest BCUT2D eigenvalue weighted by atomic mass is 79.9. The summed E-state index contributed by atoms with van der Waals surface area (Å²) in [5.41, 5.74) is 0.821. The van der Waals surface area contributed by atoms with Crippen molar-refractivity contribution in [3.63, 3.8) is 0 Å². The quantitative estimate of drug-likeness (QED) is 0.590. The molecule has 0 aliphatic carbocycles. The molecule has 0 heterocycles. The first-order chi connectivity index (χ1) is 10.0. The molecule has 0 atom stereocenters. The summed E-state index contributed by atoms with van der Waals surface area (Å²) in [5, 5.41) is 10.7. The van der Waals surface area contributed by atoms with Crippen molar-refractivity contribution in [3.8, 4) is 5.75 Å². The van der Waals surface area contributed by atoms with Gasteiger partial charge in [0.15, 0.2) is 5.78 Å². The van der Waals surface area contributed by atoms with Gasteiger partial charge in [0, 0.05) is 17.0 Å². The number of Topliss-reactive ketones (excluding diaryl/α,β-unsaturated/α-hetero) is 1. The third-order valence-corrected chi connectivity index (χ3v) is 3.17. The van der Waals surface area contributed by atoms with Crippen LogP contribution in [0.4, 0.5) is 5.69 Å². The van der Waals surface area contributed by atoms with E-state index in [9.17, 15) is 14.9 Å². The lowest BCUT2D eigenvalue weighted by Gasteiger charge is -2.06. The Labute approximate surface area is 129 Å². The van der Waals surface area contributed by atoms with Gasteiger partial charge >= 0.3 is 0 Å². The van der Waals surface area contributed by atoms with Crippen LogP contribution in [0, 0.1) is 10.1 Å². The Kier molecular flexibility index (Phi) is 5.05. The van der Waals surface area contributed by atoms with E-state index in [4.69, 9.17) is 4.74 Å². The fourth-order valence-electron chi connectivity index (χ4n) is 1.78. The minimum absolute atomic E-state index is 0.0881. The lowest BCUT2D eigenvalue weighted by molar-refractivity contribution is -0.385. The number of ether oxygens (including phenoxy) is 1. The summed E-state index contributed by atoms with van der Waals surface area (Å²) in [7, 11) is 0. The topological polar surface area (TPSA) is 69.4 Å². The van der Waals surface area contributed by atoms with E-state index in [0.717, 1.165) is 5.56 Å². The number of nitrogens with zero attached hydrogens (tertiary/aromatic N) is 1. The molecule has 0 bridgehead atoms. The fraction of sp³-hybridized carbons (Fsp3) is 0.133. The van der Waals surface area contributed by atoms with Crippen LogP contribution in [0.15, 0.2) is 53.0 Å². The molecule has 0 aliphatic rings. The van der Waals surface area contributed by atoms with Crippen molar-refractivity contribution in [2.75, 3.05) is 6.61 Å². The zero-order valence-corrected chi connectivity index (χ0v) is 12.6. The summed E-state index contributed by atoms with van der Waals surface area (Å²) < 4.78 is 5.86. The van der Waals surface area contributed by atoms with Gasteiger partial charge in [0.2, 0.25) is 0 Å². The number of nitro groups is 1. The maximum absolute atomic E-state index is 11.8. The molecule has 5 nitrogen and oxygen atoms in total. The van der Waals surface area contributed by atoms with Crippen LogP contribution in [0.2, 0.25) is 0 Å². The number of rotatable bonds is 6. The number of hydrogen-bond donors (Lipinski definition) is 0. The molecule has 2 rings (SSSR count). The second kappa shape index (κ2) is 6.99. The van der Waals surface area contributed by atoms with Crippen LogP contribution < -0.4 is 4.74 Å². The van der Waals surface area contributed by atoms with Crippen LogP contribution in [0.1, 0.15) is 5.56 Å². The maximum atomic E-state index is 11.8. The normalized spacial score (nSPS) is 10.1. The lowest BCUT2D eigenvalue weighted by atomic mass is 10.1. The number of non-ortho nitro benzene ring substituents is 1. The Balaban J connectivity index is 1.96. The highest BCUT2D eigenvalue weighted by molar-refractivity contribution is 9.10. The van der Waals surface area contributed by atoms with E-state index in [-0.39, 0.29) is 30.2 Å². The van der Waals surface area contributed by atoms with E-state index in [1.807, 2.05) is 30.3 Å². The van der Waals surface area contributed by atoms with Gasteiger partial charge in [-0.1, -0.05) is 46.3 Å². The number of benzene rings is 2. The summed E-state index contributed by atoms with van der Waals surface area (Å²) in [5.74, 6) is 0.196. The van der Waals surface area contributed by atoms with Gasteiger partial charge in [-0.3, -0.25) is 14.9 Å². The fourth-order valence-corrected chi connectivity index (χ4v) is 2.24. The van der Waals surface area contributed by atoms with E-state index >= 15 is 0 Å². The Bertz CT molecular complexity index is 658. The number of carbonyl (C=O) groups excluding carboxylic acids is 1. The summed E-state index contributed by atoms with van der Waals surface area (Å²) in [6.45, 7) is -0.123. The first kappa shape index (κ1) is 15.2. The van der Waals surface area contributed by atoms with Crippen LogP contribution in [-0.2, 0) is 11.2 Å². The smallest absolute Gasteiger partial charge is 0.274 e.